The van der Waals surface area contributed by atoms with Crippen LogP contribution in [0.2, 0.25) is 0 Å². The molecule has 0 aromatic heterocycles. The summed E-state index contributed by atoms with van der Waals surface area (Å²) in [6.07, 6.45) is 2.98. The Morgan fingerprint density at radius 1 is 1.24 bits per heavy atom. The molecule has 1 saturated heterocycles. The topological polar surface area (TPSA) is 67.8 Å². The van der Waals surface area contributed by atoms with Gasteiger partial charge >= 0.3 is 0 Å². The Morgan fingerprint density at radius 2 is 2.08 bits per heavy atom. The van der Waals surface area contributed by atoms with Crippen LogP contribution in [-0.2, 0) is 11.2 Å². The van der Waals surface area contributed by atoms with E-state index in [1.165, 1.54) is 0 Å². The van der Waals surface area contributed by atoms with E-state index in [0.717, 1.165) is 30.8 Å². The summed E-state index contributed by atoms with van der Waals surface area (Å²) in [5, 5.41) is 12.3. The van der Waals surface area contributed by atoms with Crippen LogP contribution < -0.4 is 10.1 Å². The summed E-state index contributed by atoms with van der Waals surface area (Å²) < 4.78 is 11.2. The van der Waals surface area contributed by atoms with E-state index in [1.807, 2.05) is 6.07 Å². The molecule has 0 saturated carbocycles. The van der Waals surface area contributed by atoms with Crippen molar-refractivity contribution in [2.24, 2.45) is 0 Å². The van der Waals surface area contributed by atoms with Crippen molar-refractivity contribution in [3.8, 4) is 11.5 Å². The average Bonchev–Trinajstić information content (AvgIpc) is 3.14. The van der Waals surface area contributed by atoms with Crippen molar-refractivity contribution in [3.05, 3.63) is 59.7 Å². The third-order valence-corrected chi connectivity index (χ3v) is 4.19. The van der Waals surface area contributed by atoms with Crippen molar-refractivity contribution >= 4 is 5.91 Å². The molecule has 0 unspecified atom stereocenters. The number of carbonyl (C=O) groups is 1. The number of phenols is 1. The minimum atomic E-state index is -0.120. The number of aromatic hydroxyl groups is 1. The molecule has 1 aliphatic rings. The minimum Gasteiger partial charge on any atom is -0.508 e. The van der Waals surface area contributed by atoms with E-state index in [1.54, 1.807) is 42.5 Å². The normalized spacial score (nSPS) is 16.6. The van der Waals surface area contributed by atoms with Crippen molar-refractivity contribution < 1.29 is 19.4 Å². The highest BCUT2D eigenvalue weighted by Crippen LogP contribution is 2.16. The van der Waals surface area contributed by atoms with Crippen LogP contribution in [-0.4, -0.2) is 36.9 Å². The van der Waals surface area contributed by atoms with Gasteiger partial charge in [0.2, 0.25) is 0 Å². The van der Waals surface area contributed by atoms with E-state index in [0.29, 0.717) is 25.1 Å². The first kappa shape index (κ1) is 17.3. The first-order valence-electron chi connectivity index (χ1n) is 8.61. The molecule has 3 rings (SSSR count). The highest BCUT2D eigenvalue weighted by atomic mass is 16.5. The van der Waals surface area contributed by atoms with E-state index in [4.69, 9.17) is 9.47 Å². The summed E-state index contributed by atoms with van der Waals surface area (Å²) in [6.45, 7) is 1.88. The van der Waals surface area contributed by atoms with Gasteiger partial charge in [0.15, 0.2) is 0 Å². The maximum atomic E-state index is 12.2. The van der Waals surface area contributed by atoms with Gasteiger partial charge in [-0.15, -0.1) is 0 Å². The molecule has 2 aromatic carbocycles. The van der Waals surface area contributed by atoms with Crippen molar-refractivity contribution in [1.82, 2.24) is 5.32 Å². The summed E-state index contributed by atoms with van der Waals surface area (Å²) >= 11 is 0. The fourth-order valence-corrected chi connectivity index (χ4v) is 2.80. The van der Waals surface area contributed by atoms with Crippen molar-refractivity contribution in [2.45, 2.75) is 25.4 Å². The van der Waals surface area contributed by atoms with Crippen LogP contribution in [0.15, 0.2) is 48.5 Å². The zero-order chi connectivity index (χ0) is 17.5. The molecule has 1 fully saturated rings. The molecule has 1 amide bonds. The molecule has 0 bridgehead atoms. The molecule has 1 atom stereocenters. The highest BCUT2D eigenvalue weighted by Gasteiger charge is 2.16. The second-order valence-electron chi connectivity index (χ2n) is 6.15. The van der Waals surface area contributed by atoms with Gasteiger partial charge in [-0.1, -0.05) is 12.1 Å². The molecule has 5 heteroatoms. The summed E-state index contributed by atoms with van der Waals surface area (Å²) in [5.74, 6) is 0.861. The van der Waals surface area contributed by atoms with Gasteiger partial charge in [-0.2, -0.15) is 0 Å². The molecule has 25 heavy (non-hydrogen) atoms. The number of ether oxygens (including phenoxy) is 2. The van der Waals surface area contributed by atoms with Gasteiger partial charge in [-0.05, 0) is 61.2 Å². The summed E-state index contributed by atoms with van der Waals surface area (Å²) in [4.78, 5) is 12.2. The lowest BCUT2D eigenvalue weighted by molar-refractivity contribution is 0.0679. The van der Waals surface area contributed by atoms with Crippen molar-refractivity contribution in [2.75, 3.05) is 19.8 Å². The number of rotatable bonds is 7. The summed E-state index contributed by atoms with van der Waals surface area (Å²) in [5.41, 5.74) is 1.58. The molecule has 0 aliphatic carbocycles. The van der Waals surface area contributed by atoms with E-state index in [9.17, 15) is 9.90 Å². The summed E-state index contributed by atoms with van der Waals surface area (Å²) in [7, 11) is 0. The van der Waals surface area contributed by atoms with Gasteiger partial charge in [0.25, 0.3) is 5.91 Å². The van der Waals surface area contributed by atoms with Crippen LogP contribution in [0.4, 0.5) is 0 Å². The quantitative estimate of drug-likeness (QED) is 0.812. The Hall–Kier alpha value is -2.53. The van der Waals surface area contributed by atoms with Gasteiger partial charge in [0, 0.05) is 18.7 Å². The first-order valence-corrected chi connectivity index (χ1v) is 8.61. The number of hydrogen-bond donors (Lipinski definition) is 2. The standard InChI is InChI=1S/C20H23NO4/c22-17-4-1-3-15(13-17)10-11-21-20(23)16-6-8-18(9-7-16)25-14-19-5-2-12-24-19/h1,3-4,6-9,13,19,22H,2,5,10-12,14H2,(H,21,23)/t19-/m1/s1. The maximum Gasteiger partial charge on any atom is 0.251 e. The third kappa shape index (κ3) is 5.22. The lowest BCUT2D eigenvalue weighted by Crippen LogP contribution is -2.25. The molecule has 1 heterocycles. The largest absolute Gasteiger partial charge is 0.508 e. The molecule has 2 aromatic rings. The van der Waals surface area contributed by atoms with Gasteiger partial charge in [-0.3, -0.25) is 4.79 Å². The van der Waals surface area contributed by atoms with Gasteiger partial charge in [0.1, 0.15) is 18.1 Å². The first-order chi connectivity index (χ1) is 12.2. The molecule has 0 radical (unpaired) electrons. The molecule has 2 N–H and O–H groups in total. The number of hydrogen-bond acceptors (Lipinski definition) is 4. The lowest BCUT2D eigenvalue weighted by Gasteiger charge is -2.12. The fraction of sp³-hybridized carbons (Fsp3) is 0.350. The van der Waals surface area contributed by atoms with Crippen molar-refractivity contribution in [1.29, 1.82) is 0 Å². The number of benzene rings is 2. The van der Waals surface area contributed by atoms with Gasteiger partial charge < -0.3 is 19.9 Å². The summed E-state index contributed by atoms with van der Waals surface area (Å²) in [6, 6.07) is 14.2. The number of phenolic OH excluding ortho intramolecular Hbond substituents is 1. The van der Waals surface area contributed by atoms with Crippen LogP contribution in [0.25, 0.3) is 0 Å². The highest BCUT2D eigenvalue weighted by molar-refractivity contribution is 5.94. The Bertz CT molecular complexity index is 693. The zero-order valence-corrected chi connectivity index (χ0v) is 14.1. The Labute approximate surface area is 147 Å². The third-order valence-electron chi connectivity index (χ3n) is 4.19. The second-order valence-corrected chi connectivity index (χ2v) is 6.15. The van der Waals surface area contributed by atoms with Crippen LogP contribution in [0, 0.1) is 0 Å². The fourth-order valence-electron chi connectivity index (χ4n) is 2.80. The Kier molecular flexibility index (Phi) is 5.90. The Balaban J connectivity index is 1.43. The van der Waals surface area contributed by atoms with Crippen LogP contribution in [0.3, 0.4) is 0 Å². The van der Waals surface area contributed by atoms with Crippen molar-refractivity contribution in [3.63, 3.8) is 0 Å². The Morgan fingerprint density at radius 3 is 2.80 bits per heavy atom. The number of carbonyl (C=O) groups excluding carboxylic acids is 1. The molecule has 132 valence electrons. The molecular weight excluding hydrogens is 318 g/mol. The second kappa shape index (κ2) is 8.53. The van der Waals surface area contributed by atoms with Gasteiger partial charge in [-0.25, -0.2) is 0 Å². The van der Waals surface area contributed by atoms with E-state index < -0.39 is 0 Å². The average molecular weight is 341 g/mol. The predicted octanol–water partition coefficient (Wildman–Crippen LogP) is 2.92. The molecule has 5 nitrogen and oxygen atoms in total. The maximum absolute atomic E-state index is 12.2. The van der Waals surface area contributed by atoms with E-state index in [-0.39, 0.29) is 17.8 Å². The van der Waals surface area contributed by atoms with E-state index in [2.05, 4.69) is 5.32 Å². The van der Waals surface area contributed by atoms with E-state index >= 15 is 0 Å². The zero-order valence-electron chi connectivity index (χ0n) is 14.1. The lowest BCUT2D eigenvalue weighted by atomic mass is 10.1. The monoisotopic (exact) mass is 341 g/mol. The SMILES string of the molecule is O=C(NCCc1cccc(O)c1)c1ccc(OC[C@H]2CCCO2)cc1. The van der Waals surface area contributed by atoms with Crippen LogP contribution >= 0.6 is 0 Å². The molecule has 1 aliphatic heterocycles. The smallest absolute Gasteiger partial charge is 0.251 e. The number of amides is 1. The van der Waals surface area contributed by atoms with Crippen LogP contribution in [0.1, 0.15) is 28.8 Å². The number of nitrogens with one attached hydrogen (secondary N) is 1. The molecule has 0 spiro atoms. The molecular formula is C20H23NO4. The van der Waals surface area contributed by atoms with Gasteiger partial charge in [0.05, 0.1) is 6.10 Å². The predicted molar refractivity (Wildman–Crippen MR) is 95.1 cm³/mol. The van der Waals surface area contributed by atoms with Crippen LogP contribution in [0.5, 0.6) is 11.5 Å². The minimum absolute atomic E-state index is 0.120.